The van der Waals surface area contributed by atoms with Gasteiger partial charge in [0.1, 0.15) is 18.8 Å². The quantitative estimate of drug-likeness (QED) is 0.773. The van der Waals surface area contributed by atoms with Crippen LogP contribution in [0.15, 0.2) is 24.3 Å². The maximum absolute atomic E-state index is 11.7. The van der Waals surface area contributed by atoms with Crippen LogP contribution in [0.3, 0.4) is 0 Å². The minimum atomic E-state index is -1.10. The molecule has 5 nitrogen and oxygen atoms in total. The van der Waals surface area contributed by atoms with Crippen molar-refractivity contribution in [3.63, 3.8) is 0 Å². The monoisotopic (exact) mass is 235 g/mol. The van der Waals surface area contributed by atoms with Gasteiger partial charge in [-0.3, -0.25) is 9.59 Å². The summed E-state index contributed by atoms with van der Waals surface area (Å²) in [6.45, 7) is 1.21. The van der Waals surface area contributed by atoms with E-state index >= 15 is 0 Å². The third-order valence-electron chi connectivity index (χ3n) is 2.61. The summed E-state index contributed by atoms with van der Waals surface area (Å²) < 4.78 is 5.49. The third-order valence-corrected chi connectivity index (χ3v) is 2.61. The van der Waals surface area contributed by atoms with E-state index in [9.17, 15) is 9.59 Å². The van der Waals surface area contributed by atoms with Crippen molar-refractivity contribution in [2.75, 3.05) is 13.2 Å². The van der Waals surface area contributed by atoms with Crippen LogP contribution in [0, 0.1) is 0 Å². The Morgan fingerprint density at radius 3 is 2.88 bits per heavy atom. The molecule has 90 valence electrons. The molecule has 0 saturated heterocycles. The van der Waals surface area contributed by atoms with Crippen LogP contribution in [0.25, 0.3) is 0 Å². The smallest absolute Gasteiger partial charge is 0.312 e. The zero-order chi connectivity index (χ0) is 12.3. The molecule has 0 radical (unpaired) electrons. The first-order valence-corrected chi connectivity index (χ1v) is 5.37. The SMILES string of the molecule is O=C(O)CC(=O)N1CCOc2ccccc2C1. The van der Waals surface area contributed by atoms with Gasteiger partial charge < -0.3 is 14.7 Å². The Bertz CT molecular complexity index is 444. The molecule has 1 aliphatic heterocycles. The number of carbonyl (C=O) groups is 2. The molecule has 5 heteroatoms. The number of benzene rings is 1. The zero-order valence-electron chi connectivity index (χ0n) is 9.26. The second kappa shape index (κ2) is 4.86. The minimum Gasteiger partial charge on any atom is -0.491 e. The number of amides is 1. The maximum atomic E-state index is 11.7. The second-order valence-corrected chi connectivity index (χ2v) is 3.84. The Morgan fingerprint density at radius 1 is 1.35 bits per heavy atom. The lowest BCUT2D eigenvalue weighted by Gasteiger charge is -2.18. The fourth-order valence-electron chi connectivity index (χ4n) is 1.78. The number of aliphatic carboxylic acids is 1. The molecular formula is C12H13NO4. The molecule has 0 fully saturated rings. The normalized spacial score (nSPS) is 14.5. The highest BCUT2D eigenvalue weighted by Gasteiger charge is 2.21. The Hall–Kier alpha value is -2.04. The predicted octanol–water partition coefficient (Wildman–Crippen LogP) is 0.882. The topological polar surface area (TPSA) is 66.8 Å². The molecule has 1 aromatic carbocycles. The van der Waals surface area contributed by atoms with Crippen molar-refractivity contribution < 1.29 is 19.4 Å². The van der Waals surface area contributed by atoms with Crippen molar-refractivity contribution in [2.24, 2.45) is 0 Å². The molecule has 1 aromatic rings. The largest absolute Gasteiger partial charge is 0.491 e. The van der Waals surface area contributed by atoms with Crippen molar-refractivity contribution >= 4 is 11.9 Å². The van der Waals surface area contributed by atoms with Crippen LogP contribution in [-0.4, -0.2) is 35.0 Å². The van der Waals surface area contributed by atoms with E-state index in [0.29, 0.717) is 19.7 Å². The van der Waals surface area contributed by atoms with E-state index in [1.165, 1.54) is 4.90 Å². The van der Waals surface area contributed by atoms with E-state index in [-0.39, 0.29) is 5.91 Å². The van der Waals surface area contributed by atoms with Crippen molar-refractivity contribution in [2.45, 2.75) is 13.0 Å². The Morgan fingerprint density at radius 2 is 2.12 bits per heavy atom. The van der Waals surface area contributed by atoms with Gasteiger partial charge in [-0.15, -0.1) is 0 Å². The Balaban J connectivity index is 2.13. The van der Waals surface area contributed by atoms with Crippen LogP contribution >= 0.6 is 0 Å². The molecule has 0 saturated carbocycles. The number of carboxylic acid groups (broad SMARTS) is 1. The summed E-state index contributed by atoms with van der Waals surface area (Å²) in [6.07, 6.45) is -0.470. The third kappa shape index (κ3) is 2.75. The zero-order valence-corrected chi connectivity index (χ0v) is 9.26. The number of rotatable bonds is 2. The van der Waals surface area contributed by atoms with Crippen LogP contribution in [0.4, 0.5) is 0 Å². The highest BCUT2D eigenvalue weighted by Crippen LogP contribution is 2.22. The summed E-state index contributed by atoms with van der Waals surface area (Å²) in [5, 5.41) is 8.60. The van der Waals surface area contributed by atoms with Crippen molar-refractivity contribution in [3.05, 3.63) is 29.8 Å². The summed E-state index contributed by atoms with van der Waals surface area (Å²) in [4.78, 5) is 23.7. The van der Waals surface area contributed by atoms with Crippen LogP contribution in [0.2, 0.25) is 0 Å². The molecule has 0 spiro atoms. The number of carbonyl (C=O) groups excluding carboxylic acids is 1. The van der Waals surface area contributed by atoms with Gasteiger partial charge in [-0.1, -0.05) is 18.2 Å². The molecule has 17 heavy (non-hydrogen) atoms. The fourth-order valence-corrected chi connectivity index (χ4v) is 1.78. The van der Waals surface area contributed by atoms with Crippen LogP contribution in [0.5, 0.6) is 5.75 Å². The number of nitrogens with zero attached hydrogens (tertiary/aromatic N) is 1. The van der Waals surface area contributed by atoms with Gasteiger partial charge in [-0.2, -0.15) is 0 Å². The summed E-state index contributed by atoms with van der Waals surface area (Å²) in [6, 6.07) is 7.46. The van der Waals surface area contributed by atoms with E-state index in [1.807, 2.05) is 24.3 Å². The first-order chi connectivity index (χ1) is 8.16. The van der Waals surface area contributed by atoms with Crippen molar-refractivity contribution in [3.8, 4) is 5.75 Å². The second-order valence-electron chi connectivity index (χ2n) is 3.84. The first-order valence-electron chi connectivity index (χ1n) is 5.37. The molecule has 2 rings (SSSR count). The standard InChI is InChI=1S/C12H13NO4/c14-11(7-12(15)16)13-5-6-17-10-4-2-1-3-9(10)8-13/h1-4H,5-8H2,(H,15,16). The van der Waals surface area contributed by atoms with Crippen LogP contribution in [0.1, 0.15) is 12.0 Å². The molecule has 1 amide bonds. The van der Waals surface area contributed by atoms with Crippen LogP contribution in [-0.2, 0) is 16.1 Å². The van der Waals surface area contributed by atoms with E-state index in [1.54, 1.807) is 0 Å². The van der Waals surface area contributed by atoms with E-state index in [0.717, 1.165) is 11.3 Å². The van der Waals surface area contributed by atoms with Gasteiger partial charge in [-0.25, -0.2) is 0 Å². The Labute approximate surface area is 98.6 Å². The van der Waals surface area contributed by atoms with Gasteiger partial charge in [0.15, 0.2) is 0 Å². The van der Waals surface area contributed by atoms with Gasteiger partial charge in [-0.05, 0) is 6.07 Å². The fraction of sp³-hybridized carbons (Fsp3) is 0.333. The first kappa shape index (κ1) is 11.4. The van der Waals surface area contributed by atoms with Crippen molar-refractivity contribution in [1.29, 1.82) is 0 Å². The molecule has 0 atom stereocenters. The van der Waals surface area contributed by atoms with Gasteiger partial charge in [0.2, 0.25) is 5.91 Å². The van der Waals surface area contributed by atoms with E-state index in [2.05, 4.69) is 0 Å². The molecule has 1 N–H and O–H groups in total. The molecule has 0 aliphatic carbocycles. The molecule has 0 unspecified atom stereocenters. The lowest BCUT2D eigenvalue weighted by atomic mass is 10.2. The Kier molecular flexibility index (Phi) is 3.27. The lowest BCUT2D eigenvalue weighted by molar-refractivity contribution is -0.144. The summed E-state index contributed by atoms with van der Waals surface area (Å²) in [7, 11) is 0. The number of ether oxygens (including phenoxy) is 1. The highest BCUT2D eigenvalue weighted by atomic mass is 16.5. The summed E-state index contributed by atoms with van der Waals surface area (Å²) >= 11 is 0. The van der Waals surface area contributed by atoms with Gasteiger partial charge in [0.05, 0.1) is 6.54 Å². The molecule has 0 bridgehead atoms. The number of fused-ring (bicyclic) bond motifs is 1. The number of hydrogen-bond donors (Lipinski definition) is 1. The summed E-state index contributed by atoms with van der Waals surface area (Å²) in [5.74, 6) is -0.718. The van der Waals surface area contributed by atoms with Gasteiger partial charge >= 0.3 is 5.97 Å². The number of carboxylic acids is 1. The van der Waals surface area contributed by atoms with E-state index < -0.39 is 12.4 Å². The van der Waals surface area contributed by atoms with Gasteiger partial charge in [0.25, 0.3) is 0 Å². The van der Waals surface area contributed by atoms with Crippen LogP contribution < -0.4 is 4.74 Å². The van der Waals surface area contributed by atoms with E-state index in [4.69, 9.17) is 9.84 Å². The van der Waals surface area contributed by atoms with Crippen molar-refractivity contribution in [1.82, 2.24) is 4.90 Å². The highest BCUT2D eigenvalue weighted by molar-refractivity contribution is 5.93. The number of hydrogen-bond acceptors (Lipinski definition) is 3. The molecule has 1 aliphatic rings. The molecule has 1 heterocycles. The maximum Gasteiger partial charge on any atom is 0.312 e. The lowest BCUT2D eigenvalue weighted by Crippen LogP contribution is -2.33. The molecule has 0 aromatic heterocycles. The average molecular weight is 235 g/mol. The van der Waals surface area contributed by atoms with Gasteiger partial charge in [0, 0.05) is 12.1 Å². The molecular weight excluding hydrogens is 222 g/mol. The summed E-state index contributed by atoms with van der Waals surface area (Å²) in [5.41, 5.74) is 0.906. The number of para-hydroxylation sites is 1. The predicted molar refractivity (Wildman–Crippen MR) is 59.6 cm³/mol. The minimum absolute atomic E-state index is 0.377. The average Bonchev–Trinajstić information content (AvgIpc) is 2.49.